The van der Waals surface area contributed by atoms with Gasteiger partial charge in [-0.05, 0) is 42.5 Å². The summed E-state index contributed by atoms with van der Waals surface area (Å²) in [5.41, 5.74) is 2.18. The third-order valence-electron chi connectivity index (χ3n) is 4.26. The fourth-order valence-electron chi connectivity index (χ4n) is 3.20. The number of ether oxygens (including phenoxy) is 1. The standard InChI is InChI=1S/C16H19F2NO/c17-16(18)20-13-7-8-15-14(9-13)12(10-19-15)6-5-11-3-1-2-4-11/h7-11,16,19H,1-6H2. The van der Waals surface area contributed by atoms with E-state index in [2.05, 4.69) is 9.72 Å². The number of nitrogens with one attached hydrogen (secondary N) is 1. The van der Waals surface area contributed by atoms with Crippen LogP contribution in [0.15, 0.2) is 24.4 Å². The second-order valence-electron chi connectivity index (χ2n) is 5.59. The van der Waals surface area contributed by atoms with Gasteiger partial charge in [0.2, 0.25) is 0 Å². The monoisotopic (exact) mass is 279 g/mol. The molecule has 2 nitrogen and oxygen atoms in total. The summed E-state index contributed by atoms with van der Waals surface area (Å²) in [6.45, 7) is -2.77. The van der Waals surface area contributed by atoms with E-state index in [0.717, 1.165) is 23.2 Å². The van der Waals surface area contributed by atoms with Crippen LogP contribution in [0.1, 0.15) is 37.7 Å². The molecule has 0 spiro atoms. The zero-order valence-corrected chi connectivity index (χ0v) is 11.4. The number of rotatable bonds is 5. The van der Waals surface area contributed by atoms with Crippen LogP contribution in [0.5, 0.6) is 5.75 Å². The van der Waals surface area contributed by atoms with E-state index in [0.29, 0.717) is 0 Å². The number of hydrogen-bond acceptors (Lipinski definition) is 1. The number of hydrogen-bond donors (Lipinski definition) is 1. The van der Waals surface area contributed by atoms with Gasteiger partial charge in [-0.15, -0.1) is 0 Å². The van der Waals surface area contributed by atoms with E-state index < -0.39 is 6.61 Å². The Kier molecular flexibility index (Phi) is 3.90. The number of fused-ring (bicyclic) bond motifs is 1. The van der Waals surface area contributed by atoms with Gasteiger partial charge < -0.3 is 9.72 Å². The summed E-state index contributed by atoms with van der Waals surface area (Å²) in [6.07, 6.45) is 9.56. The Bertz CT molecular complexity index is 573. The van der Waals surface area contributed by atoms with Crippen LogP contribution >= 0.6 is 0 Å². The third-order valence-corrected chi connectivity index (χ3v) is 4.26. The van der Waals surface area contributed by atoms with Gasteiger partial charge in [-0.2, -0.15) is 8.78 Å². The van der Waals surface area contributed by atoms with Gasteiger partial charge in [0.25, 0.3) is 0 Å². The molecule has 1 aromatic carbocycles. The molecular weight excluding hydrogens is 260 g/mol. The zero-order valence-electron chi connectivity index (χ0n) is 11.4. The summed E-state index contributed by atoms with van der Waals surface area (Å²) in [7, 11) is 0. The summed E-state index contributed by atoms with van der Waals surface area (Å²) in [5.74, 6) is 1.06. The van der Waals surface area contributed by atoms with Crippen molar-refractivity contribution in [1.29, 1.82) is 0 Å². The maximum absolute atomic E-state index is 12.3. The van der Waals surface area contributed by atoms with Crippen molar-refractivity contribution in [3.63, 3.8) is 0 Å². The van der Waals surface area contributed by atoms with E-state index in [1.54, 1.807) is 18.2 Å². The largest absolute Gasteiger partial charge is 0.435 e. The molecule has 108 valence electrons. The molecule has 0 unspecified atom stereocenters. The Balaban J connectivity index is 1.75. The molecule has 0 bridgehead atoms. The van der Waals surface area contributed by atoms with Crippen molar-refractivity contribution in [2.24, 2.45) is 5.92 Å². The average Bonchev–Trinajstić information content (AvgIpc) is 3.04. The molecule has 1 N–H and O–H groups in total. The Labute approximate surface area is 117 Å². The molecule has 0 aliphatic heterocycles. The molecule has 1 heterocycles. The smallest absolute Gasteiger partial charge is 0.387 e. The molecule has 1 aromatic heterocycles. The first-order chi connectivity index (χ1) is 9.72. The van der Waals surface area contributed by atoms with Gasteiger partial charge in [0.15, 0.2) is 0 Å². The van der Waals surface area contributed by atoms with Crippen LogP contribution in [0.2, 0.25) is 0 Å². The first-order valence-corrected chi connectivity index (χ1v) is 7.27. The van der Waals surface area contributed by atoms with Crippen molar-refractivity contribution >= 4 is 10.9 Å². The zero-order chi connectivity index (χ0) is 13.9. The highest BCUT2D eigenvalue weighted by molar-refractivity contribution is 5.84. The first kappa shape index (κ1) is 13.4. The molecule has 3 rings (SSSR count). The lowest BCUT2D eigenvalue weighted by Gasteiger charge is -2.08. The van der Waals surface area contributed by atoms with Crippen molar-refractivity contribution in [2.45, 2.75) is 45.1 Å². The quantitative estimate of drug-likeness (QED) is 0.828. The van der Waals surface area contributed by atoms with Gasteiger partial charge in [0.05, 0.1) is 0 Å². The van der Waals surface area contributed by atoms with Crippen molar-refractivity contribution in [3.8, 4) is 5.75 Å². The number of H-pyrrole nitrogens is 1. The minimum absolute atomic E-state index is 0.231. The maximum atomic E-state index is 12.3. The van der Waals surface area contributed by atoms with Crippen LogP contribution < -0.4 is 4.74 Å². The highest BCUT2D eigenvalue weighted by Gasteiger charge is 2.16. The molecule has 2 aromatic rings. The molecule has 20 heavy (non-hydrogen) atoms. The number of aromatic nitrogens is 1. The van der Waals surface area contributed by atoms with Gasteiger partial charge in [-0.1, -0.05) is 25.7 Å². The third kappa shape index (κ3) is 2.94. The van der Waals surface area contributed by atoms with E-state index in [1.807, 2.05) is 6.20 Å². The topological polar surface area (TPSA) is 25.0 Å². The fourth-order valence-corrected chi connectivity index (χ4v) is 3.20. The van der Waals surface area contributed by atoms with Gasteiger partial charge in [0, 0.05) is 17.1 Å². The summed E-state index contributed by atoms with van der Waals surface area (Å²) in [4.78, 5) is 3.20. The lowest BCUT2D eigenvalue weighted by atomic mass is 9.98. The Morgan fingerprint density at radius 2 is 2.05 bits per heavy atom. The van der Waals surface area contributed by atoms with Crippen LogP contribution in [0, 0.1) is 5.92 Å². The Hall–Kier alpha value is -1.58. The van der Waals surface area contributed by atoms with E-state index in [4.69, 9.17) is 0 Å². The van der Waals surface area contributed by atoms with Gasteiger partial charge in [0.1, 0.15) is 5.75 Å². The Morgan fingerprint density at radius 1 is 1.25 bits per heavy atom. The van der Waals surface area contributed by atoms with E-state index in [9.17, 15) is 8.78 Å². The number of halogens is 2. The number of alkyl halides is 2. The molecule has 1 aliphatic carbocycles. The second kappa shape index (κ2) is 5.81. The SMILES string of the molecule is FC(F)Oc1ccc2[nH]cc(CCC3CCCC3)c2c1. The summed E-state index contributed by atoms with van der Waals surface area (Å²) < 4.78 is 29.0. The normalized spacial score (nSPS) is 16.4. The predicted molar refractivity (Wildman–Crippen MR) is 75.2 cm³/mol. The van der Waals surface area contributed by atoms with Gasteiger partial charge in [-0.25, -0.2) is 0 Å². The molecule has 0 radical (unpaired) electrons. The van der Waals surface area contributed by atoms with Gasteiger partial charge >= 0.3 is 6.61 Å². The first-order valence-electron chi connectivity index (χ1n) is 7.27. The molecule has 1 saturated carbocycles. The minimum Gasteiger partial charge on any atom is -0.435 e. The molecule has 1 fully saturated rings. The molecular formula is C16H19F2NO. The van der Waals surface area contributed by atoms with E-state index in [1.165, 1.54) is 37.7 Å². The highest BCUT2D eigenvalue weighted by Crippen LogP contribution is 2.31. The number of aryl methyl sites for hydroxylation is 1. The lowest BCUT2D eigenvalue weighted by molar-refractivity contribution is -0.0497. The maximum Gasteiger partial charge on any atom is 0.387 e. The minimum atomic E-state index is -2.77. The van der Waals surface area contributed by atoms with Crippen LogP contribution in [0.3, 0.4) is 0 Å². The summed E-state index contributed by atoms with van der Waals surface area (Å²) in [5, 5.41) is 1.00. The molecule has 1 aliphatic rings. The van der Waals surface area contributed by atoms with E-state index in [-0.39, 0.29) is 5.75 Å². The molecule has 0 amide bonds. The van der Waals surface area contributed by atoms with Crippen LogP contribution in [-0.4, -0.2) is 11.6 Å². The highest BCUT2D eigenvalue weighted by atomic mass is 19.3. The summed E-state index contributed by atoms with van der Waals surface area (Å²) in [6, 6.07) is 5.08. The van der Waals surface area contributed by atoms with Crippen LogP contribution in [0.25, 0.3) is 10.9 Å². The van der Waals surface area contributed by atoms with Gasteiger partial charge in [-0.3, -0.25) is 0 Å². The fraction of sp³-hybridized carbons (Fsp3) is 0.500. The predicted octanol–water partition coefficient (Wildman–Crippen LogP) is 4.89. The van der Waals surface area contributed by atoms with Crippen molar-refractivity contribution in [2.75, 3.05) is 0 Å². The Morgan fingerprint density at radius 3 is 2.80 bits per heavy atom. The van der Waals surface area contributed by atoms with Crippen molar-refractivity contribution < 1.29 is 13.5 Å². The van der Waals surface area contributed by atoms with Crippen molar-refractivity contribution in [1.82, 2.24) is 4.98 Å². The van der Waals surface area contributed by atoms with Crippen LogP contribution in [0.4, 0.5) is 8.78 Å². The molecule has 4 heteroatoms. The lowest BCUT2D eigenvalue weighted by Crippen LogP contribution is -2.01. The summed E-state index contributed by atoms with van der Waals surface area (Å²) >= 11 is 0. The second-order valence-corrected chi connectivity index (χ2v) is 5.59. The molecule has 0 atom stereocenters. The van der Waals surface area contributed by atoms with Crippen molar-refractivity contribution in [3.05, 3.63) is 30.0 Å². The number of benzene rings is 1. The molecule has 0 saturated heterocycles. The van der Waals surface area contributed by atoms with E-state index >= 15 is 0 Å². The number of aromatic amines is 1. The average molecular weight is 279 g/mol. The van der Waals surface area contributed by atoms with Crippen LogP contribution in [-0.2, 0) is 6.42 Å².